The second-order valence-corrected chi connectivity index (χ2v) is 6.10. The summed E-state index contributed by atoms with van der Waals surface area (Å²) < 4.78 is 65.5. The van der Waals surface area contributed by atoms with Gasteiger partial charge >= 0.3 is 6.18 Å². The lowest BCUT2D eigenvalue weighted by molar-refractivity contribution is -0.173. The molecule has 1 rings (SSSR count). The molecule has 1 aromatic carbocycles. The normalized spacial score (nSPS) is 12.6. The summed E-state index contributed by atoms with van der Waals surface area (Å²) in [5.74, 6) is -0.278. The van der Waals surface area contributed by atoms with E-state index in [-0.39, 0.29) is 25.4 Å². The molecule has 0 spiro atoms. The maximum absolute atomic E-state index is 11.8. The highest BCUT2D eigenvalue weighted by Gasteiger charge is 2.27. The minimum Gasteiger partial charge on any atom is -0.371 e. The molecular formula is C12H17F3N2O3S. The average molecular weight is 326 g/mol. The van der Waals surface area contributed by atoms with Gasteiger partial charge < -0.3 is 10.5 Å². The van der Waals surface area contributed by atoms with Crippen LogP contribution < -0.4 is 10.5 Å². The van der Waals surface area contributed by atoms with Crippen molar-refractivity contribution < 1.29 is 26.3 Å². The molecule has 5 nitrogen and oxygen atoms in total. The van der Waals surface area contributed by atoms with Gasteiger partial charge in [-0.05, 0) is 11.1 Å². The standard InChI is InChI=1S/C12H17F3N2O3S/c13-12(14,15)9-20-6-5-17-21(18,19)8-11-4-2-1-3-10(11)7-16/h1-4,17H,5-9,16H2. The molecule has 21 heavy (non-hydrogen) atoms. The Labute approximate surface area is 121 Å². The van der Waals surface area contributed by atoms with Crippen LogP contribution in [0.5, 0.6) is 0 Å². The van der Waals surface area contributed by atoms with Crippen molar-refractivity contribution in [1.29, 1.82) is 0 Å². The molecule has 0 aliphatic carbocycles. The van der Waals surface area contributed by atoms with Crippen molar-refractivity contribution in [1.82, 2.24) is 4.72 Å². The van der Waals surface area contributed by atoms with Gasteiger partial charge in [-0.15, -0.1) is 0 Å². The molecular weight excluding hydrogens is 309 g/mol. The van der Waals surface area contributed by atoms with Crippen LogP contribution in [0.25, 0.3) is 0 Å². The molecule has 0 heterocycles. The van der Waals surface area contributed by atoms with Crippen molar-refractivity contribution in [2.45, 2.75) is 18.5 Å². The SMILES string of the molecule is NCc1ccccc1CS(=O)(=O)NCCOCC(F)(F)F. The van der Waals surface area contributed by atoms with Crippen molar-refractivity contribution in [3.63, 3.8) is 0 Å². The van der Waals surface area contributed by atoms with Crippen LogP contribution in [0.4, 0.5) is 13.2 Å². The van der Waals surface area contributed by atoms with Crippen LogP contribution in [-0.2, 0) is 27.1 Å². The quantitative estimate of drug-likeness (QED) is 0.702. The highest BCUT2D eigenvalue weighted by atomic mass is 32.2. The molecule has 9 heteroatoms. The molecule has 0 bridgehead atoms. The number of benzene rings is 1. The van der Waals surface area contributed by atoms with Crippen LogP contribution in [0.3, 0.4) is 0 Å². The van der Waals surface area contributed by atoms with E-state index in [0.29, 0.717) is 11.1 Å². The molecule has 120 valence electrons. The van der Waals surface area contributed by atoms with E-state index < -0.39 is 22.8 Å². The first-order valence-corrected chi connectivity index (χ1v) is 7.77. The van der Waals surface area contributed by atoms with Crippen LogP contribution in [-0.4, -0.2) is 34.4 Å². The van der Waals surface area contributed by atoms with Crippen molar-refractivity contribution in [2.75, 3.05) is 19.8 Å². The van der Waals surface area contributed by atoms with E-state index in [0.717, 1.165) is 0 Å². The number of ether oxygens (including phenoxy) is 1. The Morgan fingerprint density at radius 1 is 1.19 bits per heavy atom. The number of halogens is 3. The van der Waals surface area contributed by atoms with E-state index in [4.69, 9.17) is 5.73 Å². The molecule has 0 aromatic heterocycles. The maximum Gasteiger partial charge on any atom is 0.411 e. The lowest BCUT2D eigenvalue weighted by Gasteiger charge is -2.11. The smallest absolute Gasteiger partial charge is 0.371 e. The largest absolute Gasteiger partial charge is 0.411 e. The molecule has 0 atom stereocenters. The van der Waals surface area contributed by atoms with Crippen molar-refractivity contribution in [3.8, 4) is 0 Å². The van der Waals surface area contributed by atoms with E-state index >= 15 is 0 Å². The molecule has 0 aliphatic rings. The number of hydrogen-bond donors (Lipinski definition) is 2. The van der Waals surface area contributed by atoms with Crippen LogP contribution >= 0.6 is 0 Å². The Morgan fingerprint density at radius 2 is 1.81 bits per heavy atom. The summed E-state index contributed by atoms with van der Waals surface area (Å²) >= 11 is 0. The topological polar surface area (TPSA) is 81.4 Å². The van der Waals surface area contributed by atoms with Crippen molar-refractivity contribution in [2.24, 2.45) is 5.73 Å². The highest BCUT2D eigenvalue weighted by molar-refractivity contribution is 7.88. The number of rotatable bonds is 8. The summed E-state index contributed by atoms with van der Waals surface area (Å²) in [4.78, 5) is 0. The number of sulfonamides is 1. The summed E-state index contributed by atoms with van der Waals surface area (Å²) in [6.07, 6.45) is -4.42. The minimum atomic E-state index is -4.42. The van der Waals surface area contributed by atoms with Crippen LogP contribution in [0, 0.1) is 0 Å². The minimum absolute atomic E-state index is 0.209. The molecule has 0 saturated carbocycles. The number of hydrogen-bond acceptors (Lipinski definition) is 4. The lowest BCUT2D eigenvalue weighted by Crippen LogP contribution is -2.30. The van der Waals surface area contributed by atoms with E-state index in [9.17, 15) is 21.6 Å². The van der Waals surface area contributed by atoms with Crippen LogP contribution in [0.2, 0.25) is 0 Å². The molecule has 3 N–H and O–H groups in total. The zero-order chi connectivity index (χ0) is 15.9. The monoisotopic (exact) mass is 326 g/mol. The predicted octanol–water partition coefficient (Wildman–Crippen LogP) is 1.14. The average Bonchev–Trinajstić information content (AvgIpc) is 2.37. The zero-order valence-electron chi connectivity index (χ0n) is 11.2. The van der Waals surface area contributed by atoms with Gasteiger partial charge in [0, 0.05) is 13.1 Å². The Hall–Kier alpha value is -1.16. The van der Waals surface area contributed by atoms with Gasteiger partial charge in [0.1, 0.15) is 6.61 Å². The highest BCUT2D eigenvalue weighted by Crippen LogP contribution is 2.14. The van der Waals surface area contributed by atoms with Gasteiger partial charge in [-0.3, -0.25) is 0 Å². The summed E-state index contributed by atoms with van der Waals surface area (Å²) in [7, 11) is -3.65. The molecule has 0 aliphatic heterocycles. The predicted molar refractivity (Wildman–Crippen MR) is 71.8 cm³/mol. The van der Waals surface area contributed by atoms with Gasteiger partial charge in [-0.25, -0.2) is 13.1 Å². The van der Waals surface area contributed by atoms with Gasteiger partial charge in [0.15, 0.2) is 0 Å². The third-order valence-electron chi connectivity index (χ3n) is 2.52. The second kappa shape index (κ2) is 7.74. The van der Waals surface area contributed by atoms with E-state index in [2.05, 4.69) is 9.46 Å². The van der Waals surface area contributed by atoms with Gasteiger partial charge in [0.25, 0.3) is 0 Å². The van der Waals surface area contributed by atoms with Crippen molar-refractivity contribution >= 4 is 10.0 Å². The Morgan fingerprint density at radius 3 is 2.38 bits per heavy atom. The van der Waals surface area contributed by atoms with Gasteiger partial charge in [-0.1, -0.05) is 24.3 Å². The Bertz CT molecular complexity index is 547. The molecule has 0 amide bonds. The molecule has 0 saturated heterocycles. The van der Waals surface area contributed by atoms with Crippen LogP contribution in [0.15, 0.2) is 24.3 Å². The number of nitrogens with one attached hydrogen (secondary N) is 1. The second-order valence-electron chi connectivity index (χ2n) is 4.29. The summed E-state index contributed by atoms with van der Waals surface area (Å²) in [5.41, 5.74) is 6.77. The summed E-state index contributed by atoms with van der Waals surface area (Å²) in [5, 5.41) is 0. The summed E-state index contributed by atoms with van der Waals surface area (Å²) in [6, 6.07) is 6.80. The first-order chi connectivity index (χ1) is 9.73. The number of nitrogens with two attached hydrogens (primary N) is 1. The maximum atomic E-state index is 11.8. The van der Waals surface area contributed by atoms with E-state index in [1.165, 1.54) is 0 Å². The lowest BCUT2D eigenvalue weighted by atomic mass is 10.1. The Balaban J connectivity index is 2.44. The van der Waals surface area contributed by atoms with Gasteiger partial charge in [0.2, 0.25) is 10.0 Å². The summed E-state index contributed by atoms with van der Waals surface area (Å²) in [6.45, 7) is -1.76. The fourth-order valence-electron chi connectivity index (χ4n) is 1.61. The van der Waals surface area contributed by atoms with Gasteiger partial charge in [-0.2, -0.15) is 13.2 Å². The number of alkyl halides is 3. The first kappa shape index (κ1) is 17.9. The van der Waals surface area contributed by atoms with E-state index in [1.54, 1.807) is 24.3 Å². The third-order valence-corrected chi connectivity index (χ3v) is 3.85. The van der Waals surface area contributed by atoms with Crippen LogP contribution in [0.1, 0.15) is 11.1 Å². The first-order valence-electron chi connectivity index (χ1n) is 6.12. The third kappa shape index (κ3) is 7.42. The van der Waals surface area contributed by atoms with Gasteiger partial charge in [0.05, 0.1) is 12.4 Å². The Kier molecular flexibility index (Phi) is 6.59. The molecule has 0 fully saturated rings. The zero-order valence-corrected chi connectivity index (χ0v) is 12.0. The molecule has 0 unspecified atom stereocenters. The molecule has 1 aromatic rings. The van der Waals surface area contributed by atoms with E-state index in [1.807, 2.05) is 0 Å². The fourth-order valence-corrected chi connectivity index (χ4v) is 2.80. The molecule has 0 radical (unpaired) electrons. The fraction of sp³-hybridized carbons (Fsp3) is 0.500. The van der Waals surface area contributed by atoms with Crippen molar-refractivity contribution in [3.05, 3.63) is 35.4 Å².